The van der Waals surface area contributed by atoms with Crippen LogP contribution in [0.25, 0.3) is 0 Å². The highest BCUT2D eigenvalue weighted by Crippen LogP contribution is 2.39. The Bertz CT molecular complexity index is 579. The van der Waals surface area contributed by atoms with E-state index < -0.39 is 12.8 Å². The molecule has 2 N–H and O–H groups in total. The van der Waals surface area contributed by atoms with Gasteiger partial charge in [-0.15, -0.1) is 0 Å². The largest absolute Gasteiger partial charge is 0.495 e. The lowest BCUT2D eigenvalue weighted by atomic mass is 9.73. The fourth-order valence-electron chi connectivity index (χ4n) is 5.70. The molecule has 6 atom stereocenters. The van der Waals surface area contributed by atoms with Gasteiger partial charge >= 0.3 is 0 Å². The first-order valence-corrected chi connectivity index (χ1v) is 10.8. The maximum Gasteiger partial charge on any atom is 0.119 e. The summed E-state index contributed by atoms with van der Waals surface area (Å²) in [5, 5.41) is 13.3. The van der Waals surface area contributed by atoms with Crippen molar-refractivity contribution in [2.75, 3.05) is 26.9 Å². The molecule has 4 aliphatic rings. The number of fused-ring (bicyclic) bond motifs is 2. The lowest BCUT2D eigenvalue weighted by Gasteiger charge is -2.45. The van der Waals surface area contributed by atoms with Gasteiger partial charge in [-0.25, -0.2) is 4.39 Å². The molecule has 0 bridgehead atoms. The van der Waals surface area contributed by atoms with Crippen molar-refractivity contribution < 1.29 is 14.2 Å². The zero-order chi connectivity index (χ0) is 18.8. The number of allylic oxidation sites excluding steroid dienone is 1. The molecule has 0 radical (unpaired) electrons. The van der Waals surface area contributed by atoms with E-state index in [1.165, 1.54) is 45.1 Å². The van der Waals surface area contributed by atoms with E-state index in [4.69, 9.17) is 4.74 Å². The summed E-state index contributed by atoms with van der Waals surface area (Å²) < 4.78 is 18.0. The molecule has 0 spiro atoms. The molecule has 0 saturated carbocycles. The third-order valence-electron chi connectivity index (χ3n) is 7.28. The van der Waals surface area contributed by atoms with Gasteiger partial charge in [0.15, 0.2) is 0 Å². The molecule has 2 aliphatic heterocycles. The average molecular weight is 379 g/mol. The Morgan fingerprint density at radius 1 is 1.22 bits per heavy atom. The fourth-order valence-corrected chi connectivity index (χ4v) is 5.70. The van der Waals surface area contributed by atoms with Crippen molar-refractivity contribution >= 4 is 0 Å². The van der Waals surface area contributed by atoms with Gasteiger partial charge in [-0.05, 0) is 76.5 Å². The molecule has 0 aromatic rings. The Kier molecular flexibility index (Phi) is 6.20. The van der Waals surface area contributed by atoms with Crippen LogP contribution in [0.3, 0.4) is 0 Å². The smallest absolute Gasteiger partial charge is 0.119 e. The van der Waals surface area contributed by atoms with Crippen LogP contribution >= 0.6 is 0 Å². The van der Waals surface area contributed by atoms with Crippen LogP contribution in [0.4, 0.5) is 4.39 Å². The van der Waals surface area contributed by atoms with Crippen molar-refractivity contribution in [1.29, 1.82) is 0 Å². The van der Waals surface area contributed by atoms with E-state index >= 15 is 0 Å². The number of piperidine rings is 2. The van der Waals surface area contributed by atoms with Crippen molar-refractivity contribution in [1.82, 2.24) is 10.2 Å². The quantitative estimate of drug-likeness (QED) is 0.722. The Labute approximate surface area is 162 Å². The van der Waals surface area contributed by atoms with Crippen molar-refractivity contribution in [3.63, 3.8) is 0 Å². The Morgan fingerprint density at radius 2 is 2.11 bits per heavy atom. The topological polar surface area (TPSA) is 44.7 Å². The molecule has 27 heavy (non-hydrogen) atoms. The first-order chi connectivity index (χ1) is 13.1. The lowest BCUT2D eigenvalue weighted by Crippen LogP contribution is -2.51. The first kappa shape index (κ1) is 19.4. The molecule has 152 valence electrons. The molecular weight excluding hydrogens is 343 g/mol. The van der Waals surface area contributed by atoms with Crippen molar-refractivity contribution in [3.8, 4) is 0 Å². The number of ether oxygens (including phenoxy) is 1. The van der Waals surface area contributed by atoms with Crippen LogP contribution in [-0.2, 0) is 4.74 Å². The second kappa shape index (κ2) is 8.62. The van der Waals surface area contributed by atoms with Gasteiger partial charge in [0.05, 0.1) is 5.76 Å². The van der Waals surface area contributed by atoms with Gasteiger partial charge in [-0.3, -0.25) is 0 Å². The highest BCUT2D eigenvalue weighted by molar-refractivity contribution is 5.20. The standard InChI is InChI=1S/C22H35FN2O2/c1-25-10-2-3-17-11-15(5-9-22(17)25)20-7-4-16-12-19(6-8-21(16)24-20)27-14-18(26)13-23/h5-6,16-18,20-22,24,26H,2-4,7-14H2,1H3/t16-,17-,18?,20?,21?,22+/m1/s1. The zero-order valence-corrected chi connectivity index (χ0v) is 16.6. The van der Waals surface area contributed by atoms with E-state index in [9.17, 15) is 9.50 Å². The summed E-state index contributed by atoms with van der Waals surface area (Å²) in [5.41, 5.74) is 1.65. The van der Waals surface area contributed by atoms with E-state index in [1.54, 1.807) is 5.57 Å². The SMILES string of the molecule is CN1CCC[C@@H]2CC(C3CC[C@@H]4CC(OCC(O)CF)=CCC4N3)=CC[C@@H]21. The van der Waals surface area contributed by atoms with E-state index in [2.05, 4.69) is 29.4 Å². The predicted octanol–water partition coefficient (Wildman–Crippen LogP) is 3.18. The molecule has 3 unspecified atom stereocenters. The average Bonchev–Trinajstić information content (AvgIpc) is 2.71. The maximum atomic E-state index is 12.4. The van der Waals surface area contributed by atoms with E-state index in [0.717, 1.165) is 30.6 Å². The summed E-state index contributed by atoms with van der Waals surface area (Å²) in [5.74, 6) is 2.38. The molecular formula is C22H35FN2O2. The molecule has 5 heteroatoms. The minimum atomic E-state index is -1.00. The number of nitrogens with zero attached hydrogens (tertiary/aromatic N) is 1. The van der Waals surface area contributed by atoms with Gasteiger partial charge < -0.3 is 20.1 Å². The molecule has 4 rings (SSSR count). The molecule has 0 aromatic heterocycles. The number of alkyl halides is 1. The number of hydrogen-bond donors (Lipinski definition) is 2. The highest BCUT2D eigenvalue weighted by Gasteiger charge is 2.37. The minimum Gasteiger partial charge on any atom is -0.495 e. The molecule has 0 aromatic carbocycles. The Hall–Kier alpha value is -0.910. The number of aliphatic hydroxyl groups excluding tert-OH is 1. The molecule has 4 nitrogen and oxygen atoms in total. The number of halogens is 1. The number of nitrogens with one attached hydrogen (secondary N) is 1. The minimum absolute atomic E-state index is 0.0691. The second-order valence-corrected chi connectivity index (χ2v) is 9.06. The molecule has 2 heterocycles. The summed E-state index contributed by atoms with van der Waals surface area (Å²) in [6.45, 7) is 0.587. The van der Waals surface area contributed by atoms with Crippen molar-refractivity contribution in [2.24, 2.45) is 11.8 Å². The molecule has 2 saturated heterocycles. The molecule has 2 fully saturated rings. The summed E-state index contributed by atoms with van der Waals surface area (Å²) in [6.07, 6.45) is 13.2. The van der Waals surface area contributed by atoms with Gasteiger partial charge in [0.2, 0.25) is 0 Å². The van der Waals surface area contributed by atoms with Gasteiger partial charge in [0, 0.05) is 24.5 Å². The molecule has 2 aliphatic carbocycles. The zero-order valence-electron chi connectivity index (χ0n) is 16.6. The number of likely N-dealkylation sites (tertiary alicyclic amines) is 1. The number of aliphatic hydroxyl groups is 1. The third kappa shape index (κ3) is 4.41. The van der Waals surface area contributed by atoms with E-state index in [1.807, 2.05) is 0 Å². The van der Waals surface area contributed by atoms with Crippen LogP contribution in [0, 0.1) is 11.8 Å². The van der Waals surface area contributed by atoms with Crippen molar-refractivity contribution in [3.05, 3.63) is 23.5 Å². The van der Waals surface area contributed by atoms with E-state index in [-0.39, 0.29) is 6.61 Å². The third-order valence-corrected chi connectivity index (χ3v) is 7.28. The van der Waals surface area contributed by atoms with Crippen LogP contribution in [0.1, 0.15) is 51.4 Å². The Balaban J connectivity index is 1.32. The Morgan fingerprint density at radius 3 is 2.96 bits per heavy atom. The number of hydrogen-bond acceptors (Lipinski definition) is 4. The highest BCUT2D eigenvalue weighted by atomic mass is 19.1. The van der Waals surface area contributed by atoms with Gasteiger partial charge in [-0.2, -0.15) is 0 Å². The van der Waals surface area contributed by atoms with Gasteiger partial charge in [0.25, 0.3) is 0 Å². The first-order valence-electron chi connectivity index (χ1n) is 10.8. The summed E-state index contributed by atoms with van der Waals surface area (Å²) >= 11 is 0. The summed E-state index contributed by atoms with van der Waals surface area (Å²) in [4.78, 5) is 2.57. The van der Waals surface area contributed by atoms with Crippen LogP contribution in [-0.4, -0.2) is 61.1 Å². The maximum absolute atomic E-state index is 12.4. The van der Waals surface area contributed by atoms with Crippen LogP contribution in [0.5, 0.6) is 0 Å². The summed E-state index contributed by atoms with van der Waals surface area (Å²) in [6, 6.07) is 1.83. The van der Waals surface area contributed by atoms with Crippen LogP contribution in [0.15, 0.2) is 23.5 Å². The fraction of sp³-hybridized carbons (Fsp3) is 0.818. The number of rotatable bonds is 5. The molecule has 0 amide bonds. The van der Waals surface area contributed by atoms with Crippen LogP contribution < -0.4 is 5.32 Å². The predicted molar refractivity (Wildman–Crippen MR) is 105 cm³/mol. The van der Waals surface area contributed by atoms with Crippen LogP contribution in [0.2, 0.25) is 0 Å². The monoisotopic (exact) mass is 378 g/mol. The second-order valence-electron chi connectivity index (χ2n) is 9.06. The van der Waals surface area contributed by atoms with E-state index in [0.29, 0.717) is 18.0 Å². The normalized spacial score (nSPS) is 38.3. The van der Waals surface area contributed by atoms with Crippen molar-refractivity contribution in [2.45, 2.75) is 75.6 Å². The summed E-state index contributed by atoms with van der Waals surface area (Å²) in [7, 11) is 2.29. The lowest BCUT2D eigenvalue weighted by molar-refractivity contribution is 0.0439. The van der Waals surface area contributed by atoms with Gasteiger partial charge in [0.1, 0.15) is 19.4 Å². The van der Waals surface area contributed by atoms with Gasteiger partial charge in [-0.1, -0.05) is 11.6 Å².